The van der Waals surface area contributed by atoms with Crippen molar-refractivity contribution in [2.45, 2.75) is 13.5 Å². The van der Waals surface area contributed by atoms with Crippen molar-refractivity contribution in [2.24, 2.45) is 0 Å². The second kappa shape index (κ2) is 5.96. The molecule has 0 radical (unpaired) electrons. The molecule has 0 aliphatic carbocycles. The Kier molecular flexibility index (Phi) is 4.56. The van der Waals surface area contributed by atoms with E-state index in [2.05, 4.69) is 63.4 Å². The van der Waals surface area contributed by atoms with Gasteiger partial charge in [-0.25, -0.2) is 5.01 Å². The molecule has 1 aliphatic heterocycles. The SMILES string of the molecule is Cc1ccc(CNN2CCN(C)CC2)c(Br)c1. The number of nitrogens with zero attached hydrogens (tertiary/aromatic N) is 2. The molecule has 94 valence electrons. The summed E-state index contributed by atoms with van der Waals surface area (Å²) in [5.74, 6) is 0. The van der Waals surface area contributed by atoms with Crippen LogP contribution in [0.3, 0.4) is 0 Å². The monoisotopic (exact) mass is 297 g/mol. The molecule has 0 aromatic heterocycles. The standard InChI is InChI=1S/C13H20BrN3/c1-11-3-4-12(13(14)9-11)10-15-17-7-5-16(2)6-8-17/h3-4,9,15H,5-8,10H2,1-2H3. The average Bonchev–Trinajstić information content (AvgIpc) is 2.30. The molecule has 17 heavy (non-hydrogen) atoms. The molecular weight excluding hydrogens is 278 g/mol. The van der Waals surface area contributed by atoms with Gasteiger partial charge >= 0.3 is 0 Å². The summed E-state index contributed by atoms with van der Waals surface area (Å²) in [5.41, 5.74) is 6.10. The average molecular weight is 298 g/mol. The number of piperazine rings is 1. The van der Waals surface area contributed by atoms with E-state index in [9.17, 15) is 0 Å². The van der Waals surface area contributed by atoms with E-state index >= 15 is 0 Å². The molecule has 0 unspecified atom stereocenters. The van der Waals surface area contributed by atoms with Crippen molar-refractivity contribution in [3.05, 3.63) is 33.8 Å². The van der Waals surface area contributed by atoms with Crippen molar-refractivity contribution in [1.29, 1.82) is 0 Å². The largest absolute Gasteiger partial charge is 0.304 e. The lowest BCUT2D eigenvalue weighted by molar-refractivity contribution is 0.102. The second-order valence-corrected chi connectivity index (χ2v) is 5.57. The van der Waals surface area contributed by atoms with E-state index < -0.39 is 0 Å². The Balaban J connectivity index is 1.85. The molecule has 0 saturated carbocycles. The molecule has 1 saturated heterocycles. The number of hydrogen-bond acceptors (Lipinski definition) is 3. The summed E-state index contributed by atoms with van der Waals surface area (Å²) in [4.78, 5) is 2.36. The van der Waals surface area contributed by atoms with Crippen LogP contribution in [0.5, 0.6) is 0 Å². The van der Waals surface area contributed by atoms with Gasteiger partial charge in [0, 0.05) is 37.2 Å². The molecule has 1 aromatic carbocycles. The maximum absolute atomic E-state index is 3.61. The molecular formula is C13H20BrN3. The summed E-state index contributed by atoms with van der Waals surface area (Å²) < 4.78 is 1.19. The molecule has 1 heterocycles. The number of nitrogens with one attached hydrogen (secondary N) is 1. The molecule has 1 aromatic rings. The van der Waals surface area contributed by atoms with Crippen molar-refractivity contribution < 1.29 is 0 Å². The zero-order chi connectivity index (χ0) is 12.3. The van der Waals surface area contributed by atoms with Crippen LogP contribution in [0.2, 0.25) is 0 Å². The van der Waals surface area contributed by atoms with E-state index in [1.807, 2.05) is 0 Å². The van der Waals surface area contributed by atoms with Crippen LogP contribution in [0.15, 0.2) is 22.7 Å². The highest BCUT2D eigenvalue weighted by molar-refractivity contribution is 9.10. The summed E-state index contributed by atoms with van der Waals surface area (Å²) in [7, 11) is 2.17. The first kappa shape index (κ1) is 13.0. The minimum absolute atomic E-state index is 0.893. The van der Waals surface area contributed by atoms with Crippen LogP contribution in [-0.4, -0.2) is 43.1 Å². The number of hydrazine groups is 1. The van der Waals surface area contributed by atoms with Crippen molar-refractivity contribution >= 4 is 15.9 Å². The number of benzene rings is 1. The zero-order valence-corrected chi connectivity index (χ0v) is 12.1. The molecule has 2 rings (SSSR count). The highest BCUT2D eigenvalue weighted by Gasteiger charge is 2.13. The molecule has 1 aliphatic rings. The Hall–Kier alpha value is -0.420. The van der Waals surface area contributed by atoms with Gasteiger partial charge in [0.25, 0.3) is 0 Å². The van der Waals surface area contributed by atoms with E-state index in [0.29, 0.717) is 0 Å². The van der Waals surface area contributed by atoms with Gasteiger partial charge in [0.1, 0.15) is 0 Å². The topological polar surface area (TPSA) is 18.5 Å². The summed E-state index contributed by atoms with van der Waals surface area (Å²) in [6.07, 6.45) is 0. The lowest BCUT2D eigenvalue weighted by Crippen LogP contribution is -2.50. The van der Waals surface area contributed by atoms with Gasteiger partial charge in [-0.05, 0) is 31.2 Å². The van der Waals surface area contributed by atoms with E-state index in [1.165, 1.54) is 15.6 Å². The van der Waals surface area contributed by atoms with E-state index in [1.54, 1.807) is 0 Å². The van der Waals surface area contributed by atoms with Crippen molar-refractivity contribution in [3.63, 3.8) is 0 Å². The number of likely N-dealkylation sites (N-methyl/N-ethyl adjacent to an activating group) is 1. The summed E-state index contributed by atoms with van der Waals surface area (Å²) in [6, 6.07) is 6.51. The minimum atomic E-state index is 0.893. The zero-order valence-electron chi connectivity index (χ0n) is 10.5. The molecule has 4 heteroatoms. The maximum atomic E-state index is 3.61. The van der Waals surface area contributed by atoms with E-state index in [-0.39, 0.29) is 0 Å². The Morgan fingerprint density at radius 2 is 1.94 bits per heavy atom. The Morgan fingerprint density at radius 3 is 2.59 bits per heavy atom. The van der Waals surface area contributed by atoms with Crippen molar-refractivity contribution in [2.75, 3.05) is 33.2 Å². The van der Waals surface area contributed by atoms with Crippen LogP contribution in [0.25, 0.3) is 0 Å². The Labute approximate surface area is 112 Å². The lowest BCUT2D eigenvalue weighted by Gasteiger charge is -2.32. The van der Waals surface area contributed by atoms with Crippen LogP contribution in [0.4, 0.5) is 0 Å². The van der Waals surface area contributed by atoms with Gasteiger partial charge in [-0.1, -0.05) is 28.1 Å². The van der Waals surface area contributed by atoms with E-state index in [4.69, 9.17) is 0 Å². The Bertz CT molecular complexity index is 373. The molecule has 0 atom stereocenters. The minimum Gasteiger partial charge on any atom is -0.304 e. The van der Waals surface area contributed by atoms with Gasteiger partial charge < -0.3 is 4.90 Å². The fourth-order valence-corrected chi connectivity index (χ4v) is 2.59. The van der Waals surface area contributed by atoms with Crippen LogP contribution < -0.4 is 5.43 Å². The van der Waals surface area contributed by atoms with Gasteiger partial charge in [-0.2, -0.15) is 0 Å². The molecule has 0 amide bonds. The number of halogens is 1. The van der Waals surface area contributed by atoms with Gasteiger partial charge in [-0.15, -0.1) is 0 Å². The fourth-order valence-electron chi connectivity index (χ4n) is 1.96. The van der Waals surface area contributed by atoms with Gasteiger partial charge in [0.15, 0.2) is 0 Å². The summed E-state index contributed by atoms with van der Waals surface area (Å²) in [6.45, 7) is 7.48. The van der Waals surface area contributed by atoms with Gasteiger partial charge in [0.05, 0.1) is 0 Å². The third-order valence-corrected chi connectivity index (χ3v) is 3.94. The molecule has 1 N–H and O–H groups in total. The quantitative estimate of drug-likeness (QED) is 0.921. The molecule has 1 fully saturated rings. The number of hydrogen-bond donors (Lipinski definition) is 1. The summed E-state index contributed by atoms with van der Waals surface area (Å²) in [5, 5.41) is 2.31. The number of aryl methyl sites for hydroxylation is 1. The first-order valence-electron chi connectivity index (χ1n) is 6.07. The highest BCUT2D eigenvalue weighted by atomic mass is 79.9. The first-order chi connectivity index (χ1) is 8.15. The van der Waals surface area contributed by atoms with Crippen molar-refractivity contribution in [1.82, 2.24) is 15.3 Å². The van der Waals surface area contributed by atoms with Crippen LogP contribution in [0, 0.1) is 6.92 Å². The Morgan fingerprint density at radius 1 is 1.24 bits per heavy atom. The predicted octanol–water partition coefficient (Wildman–Crippen LogP) is 2.01. The smallest absolute Gasteiger partial charge is 0.0364 e. The molecule has 3 nitrogen and oxygen atoms in total. The van der Waals surface area contributed by atoms with Crippen LogP contribution >= 0.6 is 15.9 Å². The normalized spacial score (nSPS) is 18.5. The third-order valence-electron chi connectivity index (χ3n) is 3.20. The van der Waals surface area contributed by atoms with Gasteiger partial charge in [-0.3, -0.25) is 5.43 Å². The van der Waals surface area contributed by atoms with E-state index in [0.717, 1.165) is 32.7 Å². The second-order valence-electron chi connectivity index (χ2n) is 4.72. The van der Waals surface area contributed by atoms with Crippen LogP contribution in [-0.2, 0) is 6.54 Å². The lowest BCUT2D eigenvalue weighted by atomic mass is 10.1. The predicted molar refractivity (Wildman–Crippen MR) is 74.8 cm³/mol. The summed E-state index contributed by atoms with van der Waals surface area (Å²) >= 11 is 3.61. The first-order valence-corrected chi connectivity index (χ1v) is 6.86. The van der Waals surface area contributed by atoms with Crippen molar-refractivity contribution in [3.8, 4) is 0 Å². The third kappa shape index (κ3) is 3.78. The van der Waals surface area contributed by atoms with Gasteiger partial charge in [0.2, 0.25) is 0 Å². The van der Waals surface area contributed by atoms with Crippen LogP contribution in [0.1, 0.15) is 11.1 Å². The number of rotatable bonds is 3. The maximum Gasteiger partial charge on any atom is 0.0364 e. The molecule has 0 spiro atoms. The molecule has 0 bridgehead atoms. The highest BCUT2D eigenvalue weighted by Crippen LogP contribution is 2.18. The fraction of sp³-hybridized carbons (Fsp3) is 0.538.